The summed E-state index contributed by atoms with van der Waals surface area (Å²) >= 11 is 3.48. The van der Waals surface area contributed by atoms with Gasteiger partial charge in [-0.1, -0.05) is 41.4 Å². The van der Waals surface area contributed by atoms with E-state index in [9.17, 15) is 4.79 Å². The summed E-state index contributed by atoms with van der Waals surface area (Å²) in [4.78, 5) is 11.7. The Morgan fingerprint density at radius 3 is 2.68 bits per heavy atom. The number of nitrogens with two attached hydrogens (primary N) is 1. The maximum absolute atomic E-state index is 11.7. The van der Waals surface area contributed by atoms with E-state index in [-0.39, 0.29) is 5.91 Å². The number of halogens is 1. The van der Waals surface area contributed by atoms with Gasteiger partial charge < -0.3 is 11.1 Å². The maximum atomic E-state index is 11.7. The molecule has 0 fully saturated rings. The topological polar surface area (TPSA) is 55.1 Å². The molecule has 0 heterocycles. The molecule has 1 aromatic rings. The van der Waals surface area contributed by atoms with Crippen molar-refractivity contribution in [2.45, 2.75) is 39.2 Å². The fourth-order valence-electron chi connectivity index (χ4n) is 1.82. The fraction of sp³-hybridized carbons (Fsp3) is 0.533. The van der Waals surface area contributed by atoms with Gasteiger partial charge in [-0.05, 0) is 43.9 Å². The van der Waals surface area contributed by atoms with Gasteiger partial charge in [-0.3, -0.25) is 4.79 Å². The molecule has 0 aromatic heterocycles. The second-order valence-corrected chi connectivity index (χ2v) is 6.46. The molecule has 4 heteroatoms. The van der Waals surface area contributed by atoms with E-state index < -0.39 is 5.54 Å². The molecule has 106 valence electrons. The van der Waals surface area contributed by atoms with Gasteiger partial charge in [0.05, 0.1) is 5.54 Å². The molecule has 1 atom stereocenters. The minimum atomic E-state index is -0.811. The highest BCUT2D eigenvalue weighted by Crippen LogP contribution is 2.16. The Balaban J connectivity index is 2.53. The van der Waals surface area contributed by atoms with Crippen molar-refractivity contribution in [3.05, 3.63) is 34.3 Å². The monoisotopic (exact) mass is 326 g/mol. The van der Waals surface area contributed by atoms with Crippen LogP contribution in [0, 0.1) is 5.92 Å². The molecule has 0 spiro atoms. The molecule has 0 radical (unpaired) electrons. The van der Waals surface area contributed by atoms with Crippen molar-refractivity contribution >= 4 is 21.8 Å². The summed E-state index contributed by atoms with van der Waals surface area (Å²) in [5.41, 5.74) is 6.23. The van der Waals surface area contributed by atoms with E-state index in [0.717, 1.165) is 17.3 Å². The zero-order valence-corrected chi connectivity index (χ0v) is 13.5. The molecule has 19 heavy (non-hydrogen) atoms. The summed E-state index contributed by atoms with van der Waals surface area (Å²) in [6.45, 7) is 6.25. The summed E-state index contributed by atoms with van der Waals surface area (Å²) in [6, 6.07) is 8.29. The first-order valence-corrected chi connectivity index (χ1v) is 7.44. The Morgan fingerprint density at radius 1 is 1.47 bits per heavy atom. The molecule has 0 saturated heterocycles. The predicted molar refractivity (Wildman–Crippen MR) is 82.9 cm³/mol. The quantitative estimate of drug-likeness (QED) is 0.844. The molecule has 0 bridgehead atoms. The number of amides is 1. The Kier molecular flexibility index (Phi) is 6.01. The number of benzene rings is 1. The lowest BCUT2D eigenvalue weighted by Gasteiger charge is -2.21. The molecular formula is C15H23BrN2O. The SMILES string of the molecule is CCC(CNC(=O)C(C)(C)N)Cc1cccc(Br)c1. The van der Waals surface area contributed by atoms with E-state index in [2.05, 4.69) is 40.3 Å². The molecule has 1 amide bonds. The van der Waals surface area contributed by atoms with E-state index in [4.69, 9.17) is 5.73 Å². The highest BCUT2D eigenvalue weighted by atomic mass is 79.9. The van der Waals surface area contributed by atoms with Crippen LogP contribution in [0.4, 0.5) is 0 Å². The van der Waals surface area contributed by atoms with Crippen LogP contribution in [0.2, 0.25) is 0 Å². The minimum absolute atomic E-state index is 0.0970. The van der Waals surface area contributed by atoms with Gasteiger partial charge in [-0.2, -0.15) is 0 Å². The minimum Gasteiger partial charge on any atom is -0.354 e. The average Bonchev–Trinajstić information content (AvgIpc) is 2.32. The molecule has 1 aromatic carbocycles. The van der Waals surface area contributed by atoms with Crippen LogP contribution in [0.3, 0.4) is 0 Å². The number of nitrogens with one attached hydrogen (secondary N) is 1. The first kappa shape index (κ1) is 16.2. The van der Waals surface area contributed by atoms with Crippen molar-refractivity contribution in [2.75, 3.05) is 6.54 Å². The normalized spacial score (nSPS) is 13.1. The fourth-order valence-corrected chi connectivity index (χ4v) is 2.27. The molecule has 1 unspecified atom stereocenters. The summed E-state index contributed by atoms with van der Waals surface area (Å²) in [7, 11) is 0. The molecule has 1 rings (SSSR count). The van der Waals surface area contributed by atoms with Crippen molar-refractivity contribution in [1.82, 2.24) is 5.32 Å². The van der Waals surface area contributed by atoms with Crippen molar-refractivity contribution in [3.8, 4) is 0 Å². The number of hydrogen-bond acceptors (Lipinski definition) is 2. The van der Waals surface area contributed by atoms with Gasteiger partial charge in [0.2, 0.25) is 5.91 Å². The van der Waals surface area contributed by atoms with Crippen LogP contribution in [-0.2, 0) is 11.2 Å². The first-order valence-electron chi connectivity index (χ1n) is 6.64. The maximum Gasteiger partial charge on any atom is 0.239 e. The second-order valence-electron chi connectivity index (χ2n) is 5.54. The Morgan fingerprint density at radius 2 is 2.16 bits per heavy atom. The molecule has 0 aliphatic heterocycles. The first-order chi connectivity index (χ1) is 8.82. The lowest BCUT2D eigenvalue weighted by molar-refractivity contribution is -0.125. The van der Waals surface area contributed by atoms with Crippen LogP contribution in [-0.4, -0.2) is 18.0 Å². The molecule has 3 nitrogen and oxygen atoms in total. The molecule has 0 aliphatic carbocycles. The van der Waals surface area contributed by atoms with Crippen LogP contribution in [0.15, 0.2) is 28.7 Å². The van der Waals surface area contributed by atoms with E-state index in [1.165, 1.54) is 5.56 Å². The standard InChI is InChI=1S/C15H23BrN2O/c1-4-11(10-18-14(19)15(2,3)17)8-12-6-5-7-13(16)9-12/h5-7,9,11H,4,8,10,17H2,1-3H3,(H,18,19). The Labute approximate surface area is 124 Å². The van der Waals surface area contributed by atoms with E-state index in [1.54, 1.807) is 13.8 Å². The Hall–Kier alpha value is -0.870. The average molecular weight is 327 g/mol. The second kappa shape index (κ2) is 7.06. The number of carbonyl (C=O) groups excluding carboxylic acids is 1. The summed E-state index contributed by atoms with van der Waals surface area (Å²) < 4.78 is 1.09. The molecule has 0 aliphatic rings. The van der Waals surface area contributed by atoms with Gasteiger partial charge in [-0.25, -0.2) is 0 Å². The van der Waals surface area contributed by atoms with Crippen molar-refractivity contribution in [2.24, 2.45) is 11.7 Å². The third-order valence-electron chi connectivity index (χ3n) is 3.13. The third kappa shape index (κ3) is 5.74. The molecular weight excluding hydrogens is 304 g/mol. The van der Waals surface area contributed by atoms with Gasteiger partial charge in [0.15, 0.2) is 0 Å². The number of carbonyl (C=O) groups is 1. The highest BCUT2D eigenvalue weighted by molar-refractivity contribution is 9.10. The number of hydrogen-bond donors (Lipinski definition) is 2. The van der Waals surface area contributed by atoms with Crippen LogP contribution < -0.4 is 11.1 Å². The lowest BCUT2D eigenvalue weighted by atomic mass is 9.96. The zero-order valence-electron chi connectivity index (χ0n) is 11.9. The van der Waals surface area contributed by atoms with Crippen molar-refractivity contribution in [1.29, 1.82) is 0 Å². The van der Waals surface area contributed by atoms with Crippen LogP contribution >= 0.6 is 15.9 Å². The Bertz CT molecular complexity index is 426. The number of rotatable bonds is 6. The van der Waals surface area contributed by atoms with Crippen molar-refractivity contribution < 1.29 is 4.79 Å². The van der Waals surface area contributed by atoms with Gasteiger partial charge in [0, 0.05) is 11.0 Å². The summed E-state index contributed by atoms with van der Waals surface area (Å²) in [6.07, 6.45) is 1.99. The van der Waals surface area contributed by atoms with E-state index in [1.807, 2.05) is 12.1 Å². The zero-order chi connectivity index (χ0) is 14.5. The van der Waals surface area contributed by atoms with Gasteiger partial charge in [0.1, 0.15) is 0 Å². The molecule has 0 saturated carbocycles. The molecule has 3 N–H and O–H groups in total. The smallest absolute Gasteiger partial charge is 0.239 e. The third-order valence-corrected chi connectivity index (χ3v) is 3.62. The van der Waals surface area contributed by atoms with Crippen LogP contribution in [0.5, 0.6) is 0 Å². The van der Waals surface area contributed by atoms with Crippen molar-refractivity contribution in [3.63, 3.8) is 0 Å². The van der Waals surface area contributed by atoms with Gasteiger partial charge in [0.25, 0.3) is 0 Å². The van der Waals surface area contributed by atoms with Crippen LogP contribution in [0.1, 0.15) is 32.8 Å². The van der Waals surface area contributed by atoms with Gasteiger partial charge in [-0.15, -0.1) is 0 Å². The largest absolute Gasteiger partial charge is 0.354 e. The lowest BCUT2D eigenvalue weighted by Crippen LogP contribution is -2.50. The highest BCUT2D eigenvalue weighted by Gasteiger charge is 2.22. The van der Waals surface area contributed by atoms with Gasteiger partial charge >= 0.3 is 0 Å². The summed E-state index contributed by atoms with van der Waals surface area (Å²) in [5, 5.41) is 2.93. The van der Waals surface area contributed by atoms with Crippen LogP contribution in [0.25, 0.3) is 0 Å². The van der Waals surface area contributed by atoms with E-state index in [0.29, 0.717) is 12.5 Å². The predicted octanol–water partition coefficient (Wildman–Crippen LogP) is 2.87. The van der Waals surface area contributed by atoms with E-state index >= 15 is 0 Å². The summed E-state index contributed by atoms with van der Waals surface area (Å²) in [5.74, 6) is 0.334.